The quantitative estimate of drug-likeness (QED) is 0.777. The van der Waals surface area contributed by atoms with Crippen molar-refractivity contribution in [2.24, 2.45) is 5.73 Å². The summed E-state index contributed by atoms with van der Waals surface area (Å²) in [7, 11) is 0. The summed E-state index contributed by atoms with van der Waals surface area (Å²) >= 11 is 0. The van der Waals surface area contributed by atoms with Crippen LogP contribution >= 0.6 is 0 Å². The van der Waals surface area contributed by atoms with E-state index in [1.807, 2.05) is 18.2 Å². The molecule has 84 valence electrons. The SMILES string of the molecule is C[C@@H](c1ccccc1)N1C(C(N)=O)C12CC2. The summed E-state index contributed by atoms with van der Waals surface area (Å²) in [6.45, 7) is 2.15. The standard InChI is InChI=1S/C13H16N2O/c1-9(10-5-3-2-4-6-10)15-11(12(14)16)13(15)7-8-13/h2-6,9,11H,7-8H2,1H3,(H2,14,16)/t9-,11?,15?/m0/s1. The summed E-state index contributed by atoms with van der Waals surface area (Å²) in [5.41, 5.74) is 6.84. The number of rotatable bonds is 3. The smallest absolute Gasteiger partial charge is 0.236 e. The monoisotopic (exact) mass is 216 g/mol. The molecule has 1 saturated carbocycles. The molecule has 1 amide bonds. The highest BCUT2D eigenvalue weighted by Gasteiger charge is 2.74. The number of benzene rings is 1. The maximum atomic E-state index is 11.3. The Kier molecular flexibility index (Phi) is 1.89. The highest BCUT2D eigenvalue weighted by molar-refractivity contribution is 5.86. The van der Waals surface area contributed by atoms with E-state index in [2.05, 4.69) is 24.0 Å². The van der Waals surface area contributed by atoms with Crippen LogP contribution in [0.2, 0.25) is 0 Å². The van der Waals surface area contributed by atoms with E-state index >= 15 is 0 Å². The van der Waals surface area contributed by atoms with E-state index < -0.39 is 0 Å². The molecule has 1 aromatic rings. The van der Waals surface area contributed by atoms with Crippen molar-refractivity contribution < 1.29 is 4.79 Å². The summed E-state index contributed by atoms with van der Waals surface area (Å²) < 4.78 is 0. The molecule has 3 nitrogen and oxygen atoms in total. The van der Waals surface area contributed by atoms with Gasteiger partial charge in [0.15, 0.2) is 0 Å². The van der Waals surface area contributed by atoms with E-state index in [-0.39, 0.29) is 17.5 Å². The van der Waals surface area contributed by atoms with Crippen molar-refractivity contribution in [2.45, 2.75) is 37.4 Å². The van der Waals surface area contributed by atoms with Gasteiger partial charge in [0, 0.05) is 11.6 Å². The van der Waals surface area contributed by atoms with Gasteiger partial charge in [0.2, 0.25) is 5.91 Å². The predicted octanol–water partition coefficient (Wildman–Crippen LogP) is 1.45. The average Bonchev–Trinajstić information content (AvgIpc) is 3.18. The molecule has 2 unspecified atom stereocenters. The first-order valence-corrected chi connectivity index (χ1v) is 5.79. The number of hydrogen-bond acceptors (Lipinski definition) is 2. The molecule has 2 fully saturated rings. The Bertz CT molecular complexity index is 425. The largest absolute Gasteiger partial charge is 0.368 e. The Labute approximate surface area is 95.2 Å². The van der Waals surface area contributed by atoms with Crippen molar-refractivity contribution >= 4 is 5.91 Å². The number of carbonyl (C=O) groups excluding carboxylic acids is 1. The second-order valence-electron chi connectivity index (χ2n) is 4.90. The third-order valence-electron chi connectivity index (χ3n) is 3.96. The van der Waals surface area contributed by atoms with Gasteiger partial charge in [-0.1, -0.05) is 30.3 Å². The van der Waals surface area contributed by atoms with Crippen LogP contribution in [0.4, 0.5) is 0 Å². The van der Waals surface area contributed by atoms with Crippen LogP contribution in [0.5, 0.6) is 0 Å². The summed E-state index contributed by atoms with van der Waals surface area (Å²) in [5, 5.41) is 0. The molecular weight excluding hydrogens is 200 g/mol. The number of nitrogens with zero attached hydrogens (tertiary/aromatic N) is 1. The molecule has 16 heavy (non-hydrogen) atoms. The van der Waals surface area contributed by atoms with E-state index in [9.17, 15) is 4.79 Å². The van der Waals surface area contributed by atoms with E-state index in [1.54, 1.807) is 0 Å². The maximum Gasteiger partial charge on any atom is 0.236 e. The van der Waals surface area contributed by atoms with Gasteiger partial charge < -0.3 is 5.73 Å². The number of nitrogens with two attached hydrogens (primary N) is 1. The topological polar surface area (TPSA) is 46.1 Å². The highest BCUT2D eigenvalue weighted by atomic mass is 16.2. The Morgan fingerprint density at radius 2 is 2.06 bits per heavy atom. The lowest BCUT2D eigenvalue weighted by Crippen LogP contribution is -2.23. The molecule has 1 aromatic carbocycles. The van der Waals surface area contributed by atoms with Gasteiger partial charge in [0.1, 0.15) is 6.04 Å². The van der Waals surface area contributed by atoms with Crippen LogP contribution in [0.1, 0.15) is 31.4 Å². The molecule has 2 aliphatic rings. The van der Waals surface area contributed by atoms with Gasteiger partial charge in [-0.05, 0) is 25.3 Å². The minimum Gasteiger partial charge on any atom is -0.368 e. The normalized spacial score (nSPS) is 31.1. The summed E-state index contributed by atoms with van der Waals surface area (Å²) in [5.74, 6) is -0.166. The van der Waals surface area contributed by atoms with Crippen LogP contribution in [-0.4, -0.2) is 22.4 Å². The minimum atomic E-state index is -0.166. The number of primary amides is 1. The van der Waals surface area contributed by atoms with Gasteiger partial charge in [0.25, 0.3) is 0 Å². The van der Waals surface area contributed by atoms with E-state index in [1.165, 1.54) is 5.56 Å². The molecule has 1 spiro atoms. The Morgan fingerprint density at radius 1 is 1.44 bits per heavy atom. The predicted molar refractivity (Wildman–Crippen MR) is 61.6 cm³/mol. The first-order valence-electron chi connectivity index (χ1n) is 5.79. The van der Waals surface area contributed by atoms with Crippen molar-refractivity contribution in [1.82, 2.24) is 4.90 Å². The van der Waals surface area contributed by atoms with Crippen molar-refractivity contribution in [2.75, 3.05) is 0 Å². The lowest BCUT2D eigenvalue weighted by Gasteiger charge is -2.14. The van der Waals surface area contributed by atoms with Gasteiger partial charge in [-0.2, -0.15) is 0 Å². The van der Waals surface area contributed by atoms with Crippen molar-refractivity contribution in [3.63, 3.8) is 0 Å². The molecule has 3 heteroatoms. The van der Waals surface area contributed by atoms with Gasteiger partial charge in [0.05, 0.1) is 0 Å². The maximum absolute atomic E-state index is 11.3. The minimum absolute atomic E-state index is 0.0253. The molecular formula is C13H16N2O. The average molecular weight is 216 g/mol. The molecule has 1 heterocycles. The molecule has 1 aliphatic heterocycles. The van der Waals surface area contributed by atoms with Crippen LogP contribution in [0.15, 0.2) is 30.3 Å². The third kappa shape index (κ3) is 1.21. The number of amides is 1. The fraction of sp³-hybridized carbons (Fsp3) is 0.462. The van der Waals surface area contributed by atoms with Crippen LogP contribution in [0.25, 0.3) is 0 Å². The summed E-state index contributed by atoms with van der Waals surface area (Å²) in [4.78, 5) is 13.6. The Morgan fingerprint density at radius 3 is 2.50 bits per heavy atom. The molecule has 0 radical (unpaired) electrons. The second-order valence-corrected chi connectivity index (χ2v) is 4.90. The molecule has 1 aliphatic carbocycles. The molecule has 1 saturated heterocycles. The van der Waals surface area contributed by atoms with E-state index in [0.717, 1.165) is 12.8 Å². The molecule has 3 rings (SSSR count). The molecule has 0 aromatic heterocycles. The van der Waals surface area contributed by atoms with Gasteiger partial charge in [-0.15, -0.1) is 0 Å². The second kappa shape index (κ2) is 3.08. The van der Waals surface area contributed by atoms with E-state index in [4.69, 9.17) is 5.73 Å². The summed E-state index contributed by atoms with van der Waals surface area (Å²) in [6.07, 6.45) is 2.25. The fourth-order valence-electron chi connectivity index (χ4n) is 2.96. The zero-order valence-electron chi connectivity index (χ0n) is 9.39. The number of hydrogen-bond donors (Lipinski definition) is 1. The van der Waals surface area contributed by atoms with Crippen LogP contribution in [0.3, 0.4) is 0 Å². The zero-order chi connectivity index (χ0) is 11.3. The summed E-state index contributed by atoms with van der Waals surface area (Å²) in [6, 6.07) is 10.6. The fourth-order valence-corrected chi connectivity index (χ4v) is 2.96. The first kappa shape index (κ1) is 9.85. The molecule has 2 N–H and O–H groups in total. The van der Waals surface area contributed by atoms with Crippen molar-refractivity contribution in [1.29, 1.82) is 0 Å². The van der Waals surface area contributed by atoms with Crippen LogP contribution in [0, 0.1) is 0 Å². The van der Waals surface area contributed by atoms with Crippen molar-refractivity contribution in [3.8, 4) is 0 Å². The highest BCUT2D eigenvalue weighted by Crippen LogP contribution is 2.63. The lowest BCUT2D eigenvalue weighted by molar-refractivity contribution is -0.118. The van der Waals surface area contributed by atoms with E-state index in [0.29, 0.717) is 6.04 Å². The van der Waals surface area contributed by atoms with Crippen LogP contribution < -0.4 is 5.73 Å². The zero-order valence-corrected chi connectivity index (χ0v) is 9.39. The lowest BCUT2D eigenvalue weighted by atomic mass is 10.1. The Balaban J connectivity index is 1.83. The van der Waals surface area contributed by atoms with Crippen molar-refractivity contribution in [3.05, 3.63) is 35.9 Å². The first-order chi connectivity index (χ1) is 7.67. The Hall–Kier alpha value is -1.35. The van der Waals surface area contributed by atoms with Gasteiger partial charge in [-0.3, -0.25) is 9.69 Å². The van der Waals surface area contributed by atoms with Gasteiger partial charge >= 0.3 is 0 Å². The third-order valence-corrected chi connectivity index (χ3v) is 3.96. The number of carbonyl (C=O) groups is 1. The molecule has 3 atom stereocenters. The van der Waals surface area contributed by atoms with Crippen LogP contribution in [-0.2, 0) is 4.79 Å². The molecule has 0 bridgehead atoms. The van der Waals surface area contributed by atoms with Gasteiger partial charge in [-0.25, -0.2) is 0 Å².